The monoisotopic (exact) mass is 279 g/mol. The molecule has 2 rings (SSSR count). The zero-order valence-electron chi connectivity index (χ0n) is 10.9. The third-order valence-electron chi connectivity index (χ3n) is 3.00. The first-order chi connectivity index (χ1) is 9.49. The molecule has 1 unspecified atom stereocenters. The second kappa shape index (κ2) is 5.89. The van der Waals surface area contributed by atoms with Crippen LogP contribution in [0, 0.1) is 0 Å². The molecule has 7 nitrogen and oxygen atoms in total. The number of carbonyl (C=O) groups is 2. The van der Waals surface area contributed by atoms with E-state index in [9.17, 15) is 9.59 Å². The summed E-state index contributed by atoms with van der Waals surface area (Å²) in [4.78, 5) is 22.6. The first-order valence-electron chi connectivity index (χ1n) is 6.19. The van der Waals surface area contributed by atoms with Crippen molar-refractivity contribution in [3.63, 3.8) is 0 Å². The fourth-order valence-electron chi connectivity index (χ4n) is 1.80. The molecule has 1 aliphatic heterocycles. The number of ether oxygens (including phenoxy) is 2. The van der Waals surface area contributed by atoms with Gasteiger partial charge in [0.1, 0.15) is 11.3 Å². The molecule has 1 fully saturated rings. The number of nitrogens with two attached hydrogens (primary N) is 2. The first kappa shape index (κ1) is 14.3. The van der Waals surface area contributed by atoms with E-state index in [1.807, 2.05) is 0 Å². The molecule has 0 aromatic heterocycles. The molecule has 1 aromatic carbocycles. The van der Waals surface area contributed by atoms with Crippen molar-refractivity contribution in [3.8, 4) is 5.75 Å². The van der Waals surface area contributed by atoms with Crippen LogP contribution in [-0.2, 0) is 14.3 Å². The van der Waals surface area contributed by atoms with Crippen LogP contribution in [0.4, 0.5) is 5.69 Å². The number of rotatable bonds is 5. The Labute approximate surface area is 116 Å². The van der Waals surface area contributed by atoms with Crippen LogP contribution in [0.3, 0.4) is 0 Å². The number of carbonyl (C=O) groups excluding carboxylic acids is 2. The van der Waals surface area contributed by atoms with Crippen LogP contribution >= 0.6 is 0 Å². The van der Waals surface area contributed by atoms with Crippen molar-refractivity contribution in [1.82, 2.24) is 0 Å². The molecule has 0 radical (unpaired) electrons. The Kier molecular flexibility index (Phi) is 4.21. The lowest BCUT2D eigenvalue weighted by molar-refractivity contribution is -0.121. The Morgan fingerprint density at radius 2 is 2.05 bits per heavy atom. The maximum Gasteiger partial charge on any atom is 0.255 e. The Hall–Kier alpha value is -2.12. The van der Waals surface area contributed by atoms with Crippen LogP contribution in [-0.4, -0.2) is 37.2 Å². The van der Waals surface area contributed by atoms with E-state index in [-0.39, 0.29) is 19.1 Å². The van der Waals surface area contributed by atoms with Gasteiger partial charge in [-0.3, -0.25) is 9.59 Å². The number of anilines is 1. The molecule has 0 spiro atoms. The molecule has 108 valence electrons. The second-order valence-electron chi connectivity index (χ2n) is 4.69. The molecular formula is C13H17N3O4. The highest BCUT2D eigenvalue weighted by molar-refractivity contribution is 5.98. The van der Waals surface area contributed by atoms with Crippen LogP contribution in [0.25, 0.3) is 0 Å². The minimum absolute atomic E-state index is 0.186. The molecule has 1 saturated heterocycles. The molecule has 2 amide bonds. The number of benzene rings is 1. The van der Waals surface area contributed by atoms with Crippen LogP contribution in [0.1, 0.15) is 6.42 Å². The van der Waals surface area contributed by atoms with E-state index in [1.165, 1.54) is 0 Å². The van der Waals surface area contributed by atoms with Crippen molar-refractivity contribution in [3.05, 3.63) is 24.3 Å². The van der Waals surface area contributed by atoms with Gasteiger partial charge in [0, 0.05) is 12.3 Å². The summed E-state index contributed by atoms with van der Waals surface area (Å²) in [6, 6.07) is 6.58. The summed E-state index contributed by atoms with van der Waals surface area (Å²) in [6.07, 6.45) is 0.499. The third-order valence-corrected chi connectivity index (χ3v) is 3.00. The lowest BCUT2D eigenvalue weighted by atomic mass is 9.99. The van der Waals surface area contributed by atoms with Crippen molar-refractivity contribution in [2.45, 2.75) is 12.0 Å². The fraction of sp³-hybridized carbons (Fsp3) is 0.385. The molecule has 0 bridgehead atoms. The van der Waals surface area contributed by atoms with Crippen LogP contribution in [0.15, 0.2) is 24.3 Å². The minimum Gasteiger partial charge on any atom is -0.484 e. The number of hydrogen-bond donors (Lipinski definition) is 3. The van der Waals surface area contributed by atoms with Crippen molar-refractivity contribution in [1.29, 1.82) is 0 Å². The molecule has 5 N–H and O–H groups in total. The smallest absolute Gasteiger partial charge is 0.255 e. The second-order valence-corrected chi connectivity index (χ2v) is 4.69. The maximum atomic E-state index is 12.0. The highest BCUT2D eigenvalue weighted by Gasteiger charge is 2.38. The van der Waals surface area contributed by atoms with Crippen LogP contribution in [0.5, 0.6) is 5.75 Å². The van der Waals surface area contributed by atoms with Gasteiger partial charge in [-0.1, -0.05) is 0 Å². The molecule has 0 saturated carbocycles. The van der Waals surface area contributed by atoms with Crippen LogP contribution < -0.4 is 21.5 Å². The number of primary amides is 1. The lowest BCUT2D eigenvalue weighted by Gasteiger charge is -2.20. The fourth-order valence-corrected chi connectivity index (χ4v) is 1.80. The van der Waals surface area contributed by atoms with E-state index in [4.69, 9.17) is 20.9 Å². The van der Waals surface area contributed by atoms with Gasteiger partial charge in [-0.2, -0.15) is 0 Å². The molecule has 1 aliphatic rings. The Morgan fingerprint density at radius 1 is 1.35 bits per heavy atom. The highest BCUT2D eigenvalue weighted by atomic mass is 16.5. The van der Waals surface area contributed by atoms with Gasteiger partial charge in [-0.15, -0.1) is 0 Å². The van der Waals surface area contributed by atoms with Gasteiger partial charge in [0.05, 0.1) is 6.61 Å². The predicted octanol–water partition coefficient (Wildman–Crippen LogP) is -0.393. The van der Waals surface area contributed by atoms with Gasteiger partial charge in [-0.05, 0) is 30.7 Å². The third kappa shape index (κ3) is 3.46. The zero-order valence-corrected chi connectivity index (χ0v) is 10.9. The summed E-state index contributed by atoms with van der Waals surface area (Å²) in [6.45, 7) is 0.525. The summed E-state index contributed by atoms with van der Waals surface area (Å²) in [5.74, 6) is -0.331. The van der Waals surface area contributed by atoms with Gasteiger partial charge >= 0.3 is 0 Å². The Balaban J connectivity index is 1.93. The van der Waals surface area contributed by atoms with Crippen molar-refractivity contribution in [2.75, 3.05) is 25.1 Å². The maximum absolute atomic E-state index is 12.0. The molecule has 0 aliphatic carbocycles. The average molecular weight is 279 g/mol. The summed E-state index contributed by atoms with van der Waals surface area (Å²) in [5.41, 5.74) is 10.5. The number of amides is 2. The summed E-state index contributed by atoms with van der Waals surface area (Å²) >= 11 is 0. The average Bonchev–Trinajstić information content (AvgIpc) is 2.86. The van der Waals surface area contributed by atoms with Gasteiger partial charge in [0.25, 0.3) is 5.91 Å². The van der Waals surface area contributed by atoms with Crippen molar-refractivity contribution < 1.29 is 19.1 Å². The molecule has 1 heterocycles. The van der Waals surface area contributed by atoms with E-state index in [0.717, 1.165) is 0 Å². The van der Waals surface area contributed by atoms with Crippen molar-refractivity contribution >= 4 is 17.5 Å². The van der Waals surface area contributed by atoms with Gasteiger partial charge < -0.3 is 26.3 Å². The standard InChI is InChI=1S/C13H17N3O4/c14-11(17)7-20-10-3-1-9(2-4-10)16-12(18)13(15)5-6-19-8-13/h1-4H,5-8,15H2,(H2,14,17)(H,16,18). The van der Waals surface area contributed by atoms with Crippen LogP contribution in [0.2, 0.25) is 0 Å². The largest absolute Gasteiger partial charge is 0.484 e. The normalized spacial score (nSPS) is 21.4. The van der Waals surface area contributed by atoms with E-state index in [2.05, 4.69) is 5.32 Å². The zero-order chi connectivity index (χ0) is 14.6. The lowest BCUT2D eigenvalue weighted by Crippen LogP contribution is -2.51. The summed E-state index contributed by atoms with van der Waals surface area (Å²) in [7, 11) is 0. The van der Waals surface area contributed by atoms with E-state index in [1.54, 1.807) is 24.3 Å². The summed E-state index contributed by atoms with van der Waals surface area (Å²) in [5, 5.41) is 2.73. The molecule has 20 heavy (non-hydrogen) atoms. The first-order valence-corrected chi connectivity index (χ1v) is 6.19. The Bertz CT molecular complexity index is 495. The quantitative estimate of drug-likeness (QED) is 0.678. The van der Waals surface area contributed by atoms with E-state index in [0.29, 0.717) is 24.5 Å². The SMILES string of the molecule is NC(=O)COc1ccc(NC(=O)C2(N)CCOC2)cc1. The minimum atomic E-state index is -0.971. The highest BCUT2D eigenvalue weighted by Crippen LogP contribution is 2.20. The Morgan fingerprint density at radius 3 is 2.60 bits per heavy atom. The van der Waals surface area contributed by atoms with E-state index < -0.39 is 11.4 Å². The summed E-state index contributed by atoms with van der Waals surface area (Å²) < 4.78 is 10.3. The van der Waals surface area contributed by atoms with Gasteiger partial charge in [-0.25, -0.2) is 0 Å². The van der Waals surface area contributed by atoms with Gasteiger partial charge in [0.2, 0.25) is 5.91 Å². The van der Waals surface area contributed by atoms with Crippen molar-refractivity contribution in [2.24, 2.45) is 11.5 Å². The number of nitrogens with one attached hydrogen (secondary N) is 1. The molecule has 7 heteroatoms. The number of hydrogen-bond acceptors (Lipinski definition) is 5. The molecule has 1 atom stereocenters. The van der Waals surface area contributed by atoms with E-state index >= 15 is 0 Å². The topological polar surface area (TPSA) is 117 Å². The molecule has 1 aromatic rings. The molecular weight excluding hydrogens is 262 g/mol. The predicted molar refractivity (Wildman–Crippen MR) is 72.1 cm³/mol. The van der Waals surface area contributed by atoms with Gasteiger partial charge in [0.15, 0.2) is 6.61 Å².